The Kier molecular flexibility index (Phi) is 3.88. The van der Waals surface area contributed by atoms with Gasteiger partial charge in [-0.1, -0.05) is 19.1 Å². The van der Waals surface area contributed by atoms with Gasteiger partial charge in [-0.05, 0) is 41.4 Å². The fraction of sp³-hybridized carbons (Fsp3) is 0.267. The van der Waals surface area contributed by atoms with Crippen LogP contribution >= 0.6 is 15.9 Å². The molecule has 0 spiro atoms. The van der Waals surface area contributed by atoms with E-state index in [0.29, 0.717) is 0 Å². The Morgan fingerprint density at radius 1 is 1.24 bits per heavy atom. The lowest BCUT2D eigenvalue weighted by atomic mass is 10.3. The van der Waals surface area contributed by atoms with E-state index in [1.54, 1.807) is 0 Å². The summed E-state index contributed by atoms with van der Waals surface area (Å²) in [6, 6.07) is 7.96. The molecule has 1 aromatic carbocycles. The molecule has 2 heterocycles. The molecule has 3 aromatic rings. The number of anilines is 1. The van der Waals surface area contributed by atoms with Gasteiger partial charge in [0.2, 0.25) is 0 Å². The van der Waals surface area contributed by atoms with Gasteiger partial charge in [-0.2, -0.15) is 5.10 Å². The van der Waals surface area contributed by atoms with Crippen molar-refractivity contribution in [1.82, 2.24) is 19.7 Å². The summed E-state index contributed by atoms with van der Waals surface area (Å²) in [5.41, 5.74) is 1.78. The zero-order chi connectivity index (χ0) is 14.8. The second-order valence-electron chi connectivity index (χ2n) is 4.79. The fourth-order valence-electron chi connectivity index (χ4n) is 2.19. The van der Waals surface area contributed by atoms with E-state index in [-0.39, 0.29) is 0 Å². The molecule has 0 aliphatic rings. The van der Waals surface area contributed by atoms with Crippen molar-refractivity contribution in [3.8, 4) is 5.69 Å². The average Bonchev–Trinajstić information content (AvgIpc) is 2.89. The van der Waals surface area contributed by atoms with Crippen LogP contribution in [0.3, 0.4) is 0 Å². The number of halogens is 1. The monoisotopic (exact) mass is 345 g/mol. The van der Waals surface area contributed by atoms with Gasteiger partial charge in [0, 0.05) is 11.0 Å². The van der Waals surface area contributed by atoms with E-state index in [2.05, 4.69) is 43.2 Å². The number of hydrogen-bond acceptors (Lipinski definition) is 4. The highest BCUT2D eigenvalue weighted by atomic mass is 79.9. The zero-order valence-corrected chi connectivity index (χ0v) is 13.6. The minimum Gasteiger partial charge on any atom is -0.369 e. The minimum atomic E-state index is 0.731. The van der Waals surface area contributed by atoms with Gasteiger partial charge in [0.15, 0.2) is 5.65 Å². The highest BCUT2D eigenvalue weighted by molar-refractivity contribution is 9.10. The van der Waals surface area contributed by atoms with Crippen molar-refractivity contribution in [2.75, 3.05) is 11.9 Å². The molecule has 6 heteroatoms. The van der Waals surface area contributed by atoms with Crippen LogP contribution in [0.15, 0.2) is 34.9 Å². The first-order chi connectivity index (χ1) is 10.2. The van der Waals surface area contributed by atoms with Crippen molar-refractivity contribution in [2.24, 2.45) is 0 Å². The third kappa shape index (κ3) is 2.63. The smallest absolute Gasteiger partial charge is 0.168 e. The van der Waals surface area contributed by atoms with Crippen LogP contribution in [0.2, 0.25) is 0 Å². The maximum absolute atomic E-state index is 4.55. The number of fused-ring (bicyclic) bond motifs is 1. The molecule has 0 atom stereocenters. The van der Waals surface area contributed by atoms with Crippen LogP contribution < -0.4 is 5.32 Å². The Morgan fingerprint density at radius 2 is 2.05 bits per heavy atom. The predicted octanol–water partition coefficient (Wildman–Crippen LogP) is 3.71. The van der Waals surface area contributed by atoms with E-state index in [1.807, 2.05) is 42.1 Å². The Morgan fingerprint density at radius 3 is 2.81 bits per heavy atom. The van der Waals surface area contributed by atoms with Gasteiger partial charge in [0.05, 0.1) is 17.3 Å². The number of aryl methyl sites for hydroxylation is 1. The number of aromatic nitrogens is 4. The van der Waals surface area contributed by atoms with Crippen molar-refractivity contribution < 1.29 is 0 Å². The Hall–Kier alpha value is -1.95. The standard InChI is InChI=1S/C15H16BrN5/c1-3-8-17-14-11-9-18-21(15(11)20-10(2)19-14)13-7-5-4-6-12(13)16/h4-7,9H,3,8H2,1-2H3,(H,17,19,20). The summed E-state index contributed by atoms with van der Waals surface area (Å²) >= 11 is 3.56. The van der Waals surface area contributed by atoms with Crippen LogP contribution in [0.4, 0.5) is 5.82 Å². The third-order valence-corrected chi connectivity index (χ3v) is 3.83. The number of para-hydroxylation sites is 1. The highest BCUT2D eigenvalue weighted by Gasteiger charge is 2.13. The predicted molar refractivity (Wildman–Crippen MR) is 87.9 cm³/mol. The van der Waals surface area contributed by atoms with Crippen LogP contribution in [0.1, 0.15) is 19.2 Å². The van der Waals surface area contributed by atoms with E-state index in [0.717, 1.165) is 45.8 Å². The number of benzene rings is 1. The molecule has 0 aliphatic heterocycles. The number of rotatable bonds is 4. The summed E-state index contributed by atoms with van der Waals surface area (Å²) in [6.07, 6.45) is 2.86. The summed E-state index contributed by atoms with van der Waals surface area (Å²) in [7, 11) is 0. The van der Waals surface area contributed by atoms with E-state index < -0.39 is 0 Å². The lowest BCUT2D eigenvalue weighted by molar-refractivity contribution is 0.885. The summed E-state index contributed by atoms with van der Waals surface area (Å²) in [6.45, 7) is 4.91. The summed E-state index contributed by atoms with van der Waals surface area (Å²) in [5, 5.41) is 8.76. The Bertz CT molecular complexity index is 781. The Labute approximate surface area is 131 Å². The van der Waals surface area contributed by atoms with Crippen LogP contribution in [-0.2, 0) is 0 Å². The summed E-state index contributed by atoms with van der Waals surface area (Å²) in [4.78, 5) is 9.03. The molecule has 5 nitrogen and oxygen atoms in total. The van der Waals surface area contributed by atoms with Crippen molar-refractivity contribution >= 4 is 32.8 Å². The molecule has 0 amide bonds. The highest BCUT2D eigenvalue weighted by Crippen LogP contribution is 2.26. The molecule has 108 valence electrons. The lowest BCUT2D eigenvalue weighted by Crippen LogP contribution is -2.05. The minimum absolute atomic E-state index is 0.731. The molecule has 0 radical (unpaired) electrons. The van der Waals surface area contributed by atoms with Gasteiger partial charge < -0.3 is 5.32 Å². The van der Waals surface area contributed by atoms with Gasteiger partial charge in [0.25, 0.3) is 0 Å². The van der Waals surface area contributed by atoms with E-state index in [9.17, 15) is 0 Å². The average molecular weight is 346 g/mol. The molecule has 0 saturated heterocycles. The molecule has 0 fully saturated rings. The Balaban J connectivity index is 2.18. The lowest BCUT2D eigenvalue weighted by Gasteiger charge is -2.08. The molecular weight excluding hydrogens is 330 g/mol. The molecule has 3 rings (SSSR count). The molecule has 0 unspecified atom stereocenters. The summed E-state index contributed by atoms with van der Waals surface area (Å²) < 4.78 is 2.82. The van der Waals surface area contributed by atoms with Gasteiger partial charge in [-0.25, -0.2) is 14.6 Å². The number of hydrogen-bond donors (Lipinski definition) is 1. The van der Waals surface area contributed by atoms with Crippen molar-refractivity contribution in [3.05, 3.63) is 40.8 Å². The number of nitrogens with zero attached hydrogens (tertiary/aromatic N) is 4. The van der Waals surface area contributed by atoms with Gasteiger partial charge in [-0.15, -0.1) is 0 Å². The maximum atomic E-state index is 4.55. The van der Waals surface area contributed by atoms with Gasteiger partial charge >= 0.3 is 0 Å². The molecule has 0 bridgehead atoms. The van der Waals surface area contributed by atoms with E-state index in [4.69, 9.17) is 0 Å². The molecular formula is C15H16BrN5. The van der Waals surface area contributed by atoms with Crippen LogP contribution in [-0.4, -0.2) is 26.3 Å². The van der Waals surface area contributed by atoms with Crippen molar-refractivity contribution in [1.29, 1.82) is 0 Å². The number of nitrogens with one attached hydrogen (secondary N) is 1. The topological polar surface area (TPSA) is 55.6 Å². The van der Waals surface area contributed by atoms with Crippen LogP contribution in [0, 0.1) is 6.92 Å². The normalized spacial score (nSPS) is 11.0. The quantitative estimate of drug-likeness (QED) is 0.783. The van der Waals surface area contributed by atoms with Crippen LogP contribution in [0.25, 0.3) is 16.7 Å². The van der Waals surface area contributed by atoms with Gasteiger partial charge in [0.1, 0.15) is 11.6 Å². The SMILES string of the molecule is CCCNc1nc(C)nc2c1cnn2-c1ccccc1Br. The summed E-state index contributed by atoms with van der Waals surface area (Å²) in [5.74, 6) is 1.58. The maximum Gasteiger partial charge on any atom is 0.168 e. The van der Waals surface area contributed by atoms with E-state index in [1.165, 1.54) is 0 Å². The largest absolute Gasteiger partial charge is 0.369 e. The van der Waals surface area contributed by atoms with Gasteiger partial charge in [-0.3, -0.25) is 0 Å². The molecule has 0 aliphatic carbocycles. The van der Waals surface area contributed by atoms with Crippen LogP contribution in [0.5, 0.6) is 0 Å². The first kappa shape index (κ1) is 14.0. The van der Waals surface area contributed by atoms with Crippen molar-refractivity contribution in [2.45, 2.75) is 20.3 Å². The zero-order valence-electron chi connectivity index (χ0n) is 12.0. The fourth-order valence-corrected chi connectivity index (χ4v) is 2.65. The molecule has 1 N–H and O–H groups in total. The first-order valence-electron chi connectivity index (χ1n) is 6.92. The first-order valence-corrected chi connectivity index (χ1v) is 7.71. The van der Waals surface area contributed by atoms with Crippen molar-refractivity contribution in [3.63, 3.8) is 0 Å². The molecule has 2 aromatic heterocycles. The molecule has 0 saturated carbocycles. The van der Waals surface area contributed by atoms with E-state index >= 15 is 0 Å². The molecule has 21 heavy (non-hydrogen) atoms. The third-order valence-electron chi connectivity index (χ3n) is 3.16. The second kappa shape index (κ2) is 5.81. The second-order valence-corrected chi connectivity index (χ2v) is 5.65.